The molecule has 0 radical (unpaired) electrons. The van der Waals surface area contributed by atoms with Gasteiger partial charge in [-0.05, 0) is 38.6 Å². The van der Waals surface area contributed by atoms with Gasteiger partial charge in [0.15, 0.2) is 0 Å². The molecule has 1 aromatic rings. The molecule has 0 amide bonds. The summed E-state index contributed by atoms with van der Waals surface area (Å²) in [6.45, 7) is 10.2. The maximum Gasteiger partial charge on any atom is 0.0599 e. The first-order valence-corrected chi connectivity index (χ1v) is 6.81. The van der Waals surface area contributed by atoms with Gasteiger partial charge in [-0.25, -0.2) is 0 Å². The van der Waals surface area contributed by atoms with Crippen LogP contribution in [-0.4, -0.2) is 18.8 Å². The standard InChI is InChI=1S/C13H23NOS/c1-5-11(12-7-6-10-16-12)14-8-9-15-13(2,3)4/h6-7,10-11,14H,5,8-9H2,1-4H3. The van der Waals surface area contributed by atoms with E-state index in [0.717, 1.165) is 19.6 Å². The lowest BCUT2D eigenvalue weighted by Gasteiger charge is -2.21. The molecule has 1 atom stereocenters. The lowest BCUT2D eigenvalue weighted by molar-refractivity contribution is -0.00164. The second-order valence-corrected chi connectivity index (χ2v) is 5.87. The van der Waals surface area contributed by atoms with Crippen molar-refractivity contribution in [3.8, 4) is 0 Å². The molecule has 92 valence electrons. The van der Waals surface area contributed by atoms with Gasteiger partial charge < -0.3 is 10.1 Å². The third kappa shape index (κ3) is 5.10. The van der Waals surface area contributed by atoms with E-state index in [9.17, 15) is 0 Å². The lowest BCUT2D eigenvalue weighted by atomic mass is 10.2. The van der Waals surface area contributed by atoms with Crippen LogP contribution < -0.4 is 5.32 Å². The van der Waals surface area contributed by atoms with Crippen LogP contribution in [0.1, 0.15) is 45.0 Å². The van der Waals surface area contributed by atoms with Crippen molar-refractivity contribution in [2.75, 3.05) is 13.2 Å². The zero-order valence-electron chi connectivity index (χ0n) is 10.7. The molecule has 0 aromatic carbocycles. The molecule has 0 aliphatic heterocycles. The zero-order chi connectivity index (χ0) is 12.0. The minimum atomic E-state index is -0.0354. The van der Waals surface area contributed by atoms with Gasteiger partial charge in [-0.3, -0.25) is 0 Å². The van der Waals surface area contributed by atoms with Gasteiger partial charge in [0.25, 0.3) is 0 Å². The van der Waals surface area contributed by atoms with Crippen LogP contribution >= 0.6 is 11.3 Å². The number of hydrogen-bond donors (Lipinski definition) is 1. The second kappa shape index (κ2) is 6.38. The molecule has 3 heteroatoms. The Morgan fingerprint density at radius 3 is 2.69 bits per heavy atom. The van der Waals surface area contributed by atoms with E-state index in [-0.39, 0.29) is 5.60 Å². The average molecular weight is 241 g/mol. The highest BCUT2D eigenvalue weighted by Crippen LogP contribution is 2.21. The van der Waals surface area contributed by atoms with Crippen LogP contribution in [-0.2, 0) is 4.74 Å². The molecule has 1 N–H and O–H groups in total. The summed E-state index contributed by atoms with van der Waals surface area (Å²) < 4.78 is 5.68. The quantitative estimate of drug-likeness (QED) is 0.768. The van der Waals surface area contributed by atoms with Gasteiger partial charge in [0, 0.05) is 17.5 Å². The number of nitrogens with one attached hydrogen (secondary N) is 1. The topological polar surface area (TPSA) is 21.3 Å². The van der Waals surface area contributed by atoms with E-state index in [1.165, 1.54) is 4.88 Å². The number of ether oxygens (including phenoxy) is 1. The molecule has 16 heavy (non-hydrogen) atoms. The Kier molecular flexibility index (Phi) is 5.46. The van der Waals surface area contributed by atoms with Crippen molar-refractivity contribution in [2.45, 2.75) is 45.8 Å². The molecule has 1 rings (SSSR count). The second-order valence-electron chi connectivity index (χ2n) is 4.89. The Labute approximate surface area is 103 Å². The van der Waals surface area contributed by atoms with Crippen molar-refractivity contribution < 1.29 is 4.74 Å². The molecule has 1 unspecified atom stereocenters. The largest absolute Gasteiger partial charge is 0.375 e. The Bertz CT molecular complexity index is 277. The van der Waals surface area contributed by atoms with Crippen molar-refractivity contribution in [3.63, 3.8) is 0 Å². The molecular weight excluding hydrogens is 218 g/mol. The highest BCUT2D eigenvalue weighted by molar-refractivity contribution is 7.10. The highest BCUT2D eigenvalue weighted by Gasteiger charge is 2.11. The van der Waals surface area contributed by atoms with Crippen molar-refractivity contribution in [2.24, 2.45) is 0 Å². The van der Waals surface area contributed by atoms with Gasteiger partial charge in [0.1, 0.15) is 0 Å². The first-order chi connectivity index (χ1) is 7.53. The van der Waals surface area contributed by atoms with Crippen molar-refractivity contribution >= 4 is 11.3 Å². The van der Waals surface area contributed by atoms with E-state index in [1.807, 2.05) is 11.3 Å². The summed E-state index contributed by atoms with van der Waals surface area (Å²) in [4.78, 5) is 1.42. The predicted octanol–water partition coefficient (Wildman–Crippen LogP) is 3.60. The van der Waals surface area contributed by atoms with Gasteiger partial charge in [-0.15, -0.1) is 11.3 Å². The Hall–Kier alpha value is -0.380. The van der Waals surface area contributed by atoms with E-state index in [4.69, 9.17) is 4.74 Å². The summed E-state index contributed by atoms with van der Waals surface area (Å²) in [5.74, 6) is 0. The number of hydrogen-bond acceptors (Lipinski definition) is 3. The van der Waals surface area contributed by atoms with Crippen LogP contribution in [0.2, 0.25) is 0 Å². The Balaban J connectivity index is 2.25. The van der Waals surface area contributed by atoms with Gasteiger partial charge in [0.05, 0.1) is 12.2 Å². The fraction of sp³-hybridized carbons (Fsp3) is 0.692. The van der Waals surface area contributed by atoms with E-state index in [0.29, 0.717) is 6.04 Å². The van der Waals surface area contributed by atoms with Crippen molar-refractivity contribution in [1.29, 1.82) is 0 Å². The molecule has 0 saturated heterocycles. The molecule has 1 heterocycles. The van der Waals surface area contributed by atoms with Crippen molar-refractivity contribution in [3.05, 3.63) is 22.4 Å². The fourth-order valence-electron chi connectivity index (χ4n) is 1.53. The molecule has 0 bridgehead atoms. The summed E-state index contributed by atoms with van der Waals surface area (Å²) >= 11 is 1.82. The molecule has 0 spiro atoms. The van der Waals surface area contributed by atoms with Gasteiger partial charge >= 0.3 is 0 Å². The molecule has 1 aromatic heterocycles. The molecule has 0 aliphatic carbocycles. The predicted molar refractivity (Wildman–Crippen MR) is 71.1 cm³/mol. The van der Waals surface area contributed by atoms with E-state index >= 15 is 0 Å². The number of rotatable bonds is 6. The van der Waals surface area contributed by atoms with Crippen LogP contribution in [0.5, 0.6) is 0 Å². The van der Waals surface area contributed by atoms with Gasteiger partial charge in [-0.1, -0.05) is 13.0 Å². The maximum atomic E-state index is 5.68. The third-order valence-electron chi connectivity index (χ3n) is 2.32. The minimum Gasteiger partial charge on any atom is -0.375 e. The summed E-state index contributed by atoms with van der Waals surface area (Å²) in [5.41, 5.74) is -0.0354. The molecule has 0 aliphatic rings. The average Bonchev–Trinajstić information content (AvgIpc) is 2.69. The monoisotopic (exact) mass is 241 g/mol. The van der Waals surface area contributed by atoms with Gasteiger partial charge in [0.2, 0.25) is 0 Å². The van der Waals surface area contributed by atoms with Crippen LogP contribution in [0, 0.1) is 0 Å². The first kappa shape index (κ1) is 13.7. The third-order valence-corrected chi connectivity index (χ3v) is 3.31. The van der Waals surface area contributed by atoms with Crippen LogP contribution in [0.25, 0.3) is 0 Å². The molecular formula is C13H23NOS. The summed E-state index contributed by atoms with van der Waals surface area (Å²) in [7, 11) is 0. The normalized spacial score (nSPS) is 14.0. The van der Waals surface area contributed by atoms with Crippen LogP contribution in [0.15, 0.2) is 17.5 Å². The molecule has 2 nitrogen and oxygen atoms in total. The molecule has 0 saturated carbocycles. The first-order valence-electron chi connectivity index (χ1n) is 5.93. The van der Waals surface area contributed by atoms with E-state index in [2.05, 4.69) is 50.5 Å². The smallest absolute Gasteiger partial charge is 0.0599 e. The van der Waals surface area contributed by atoms with Crippen LogP contribution in [0.4, 0.5) is 0 Å². The lowest BCUT2D eigenvalue weighted by Crippen LogP contribution is -2.28. The van der Waals surface area contributed by atoms with E-state index in [1.54, 1.807) is 0 Å². The van der Waals surface area contributed by atoms with Gasteiger partial charge in [-0.2, -0.15) is 0 Å². The highest BCUT2D eigenvalue weighted by atomic mass is 32.1. The SMILES string of the molecule is CCC(NCCOC(C)(C)C)c1cccs1. The summed E-state index contributed by atoms with van der Waals surface area (Å²) in [5, 5.41) is 5.66. The Morgan fingerprint density at radius 2 is 2.19 bits per heavy atom. The zero-order valence-corrected chi connectivity index (χ0v) is 11.6. The van der Waals surface area contributed by atoms with Crippen molar-refractivity contribution in [1.82, 2.24) is 5.32 Å². The molecule has 0 fully saturated rings. The fourth-order valence-corrected chi connectivity index (χ4v) is 2.41. The maximum absolute atomic E-state index is 5.68. The minimum absolute atomic E-state index is 0.0354. The number of thiophene rings is 1. The van der Waals surface area contributed by atoms with Crippen LogP contribution in [0.3, 0.4) is 0 Å². The summed E-state index contributed by atoms with van der Waals surface area (Å²) in [6, 6.07) is 4.77. The van der Waals surface area contributed by atoms with E-state index < -0.39 is 0 Å². The Morgan fingerprint density at radius 1 is 1.44 bits per heavy atom. The summed E-state index contributed by atoms with van der Waals surface area (Å²) in [6.07, 6.45) is 1.12.